The van der Waals surface area contributed by atoms with Crippen LogP contribution in [0.1, 0.15) is 35.4 Å². The van der Waals surface area contributed by atoms with Crippen molar-refractivity contribution in [3.05, 3.63) is 35.4 Å². The molecule has 3 heterocycles. The molecule has 0 radical (unpaired) electrons. The van der Waals surface area contributed by atoms with Gasteiger partial charge in [-0.1, -0.05) is 0 Å². The molecule has 2 amide bonds. The average Bonchev–Trinajstić information content (AvgIpc) is 3.24. The molecule has 130 valence electrons. The molecule has 1 atom stereocenters. The van der Waals surface area contributed by atoms with Crippen LogP contribution in [-0.2, 0) is 4.79 Å². The molecule has 25 heavy (non-hydrogen) atoms. The van der Waals surface area contributed by atoms with E-state index in [4.69, 9.17) is 0 Å². The minimum Gasteiger partial charge on any atom is -0.322 e. The van der Waals surface area contributed by atoms with Crippen molar-refractivity contribution in [3.63, 3.8) is 0 Å². The lowest BCUT2D eigenvalue weighted by molar-refractivity contribution is -0.139. The van der Waals surface area contributed by atoms with E-state index in [1.807, 2.05) is 0 Å². The number of hydrogen-bond acceptors (Lipinski definition) is 5. The summed E-state index contributed by atoms with van der Waals surface area (Å²) in [4.78, 5) is 28.1. The summed E-state index contributed by atoms with van der Waals surface area (Å²) in [5, 5.41) is 11.1. The van der Waals surface area contributed by atoms with Gasteiger partial charge in [-0.2, -0.15) is 4.68 Å². The highest BCUT2D eigenvalue weighted by molar-refractivity contribution is 5.96. The second kappa shape index (κ2) is 5.91. The first kappa shape index (κ1) is 15.7. The lowest BCUT2D eigenvalue weighted by Gasteiger charge is -2.39. The zero-order valence-electron chi connectivity index (χ0n) is 13.7. The number of benzene rings is 1. The Morgan fingerprint density at radius 3 is 2.88 bits per heavy atom. The Hall–Kier alpha value is -2.84. The van der Waals surface area contributed by atoms with E-state index in [2.05, 4.69) is 15.5 Å². The van der Waals surface area contributed by atoms with E-state index in [1.54, 1.807) is 22.8 Å². The lowest BCUT2D eigenvalue weighted by atomic mass is 10.1. The Balaban J connectivity index is 1.62. The number of aryl methyl sites for hydroxylation is 1. The number of fused-ring (bicyclic) bond motifs is 1. The predicted octanol–water partition coefficient (Wildman–Crippen LogP) is 0.904. The summed E-state index contributed by atoms with van der Waals surface area (Å²) >= 11 is 0. The van der Waals surface area contributed by atoms with Crippen molar-refractivity contribution in [2.24, 2.45) is 0 Å². The lowest BCUT2D eigenvalue weighted by Crippen LogP contribution is -2.55. The fraction of sp³-hybridized carbons (Fsp3) is 0.438. The molecular formula is C16H17FN6O2. The van der Waals surface area contributed by atoms with Crippen LogP contribution in [0.15, 0.2) is 18.2 Å². The molecule has 0 aliphatic carbocycles. The molecule has 2 aromatic rings. The number of aromatic nitrogens is 4. The smallest absolute Gasteiger partial charge is 0.258 e. The second-order valence-corrected chi connectivity index (χ2v) is 6.26. The van der Waals surface area contributed by atoms with Crippen LogP contribution >= 0.6 is 0 Å². The molecule has 1 unspecified atom stereocenters. The average molecular weight is 344 g/mol. The minimum atomic E-state index is -0.626. The van der Waals surface area contributed by atoms with Gasteiger partial charge in [-0.25, -0.2) is 4.39 Å². The van der Waals surface area contributed by atoms with Crippen molar-refractivity contribution in [2.75, 3.05) is 13.1 Å². The minimum absolute atomic E-state index is 0.00400. The highest BCUT2D eigenvalue weighted by Gasteiger charge is 2.40. The zero-order valence-corrected chi connectivity index (χ0v) is 13.7. The molecule has 2 saturated heterocycles. The van der Waals surface area contributed by atoms with Gasteiger partial charge in [0.15, 0.2) is 5.82 Å². The summed E-state index contributed by atoms with van der Waals surface area (Å²) in [5.74, 6) is -0.424. The molecule has 2 fully saturated rings. The molecule has 1 aromatic carbocycles. The molecule has 0 N–H and O–H groups in total. The molecule has 2 aliphatic rings. The highest BCUT2D eigenvalue weighted by Crippen LogP contribution is 2.28. The topological polar surface area (TPSA) is 84.2 Å². The quantitative estimate of drug-likeness (QED) is 0.808. The third-order valence-corrected chi connectivity index (χ3v) is 4.78. The van der Waals surface area contributed by atoms with Gasteiger partial charge >= 0.3 is 0 Å². The summed E-state index contributed by atoms with van der Waals surface area (Å²) in [6.45, 7) is 2.69. The normalized spacial score (nSPS) is 20.1. The van der Waals surface area contributed by atoms with E-state index in [0.717, 1.165) is 12.8 Å². The second-order valence-electron chi connectivity index (χ2n) is 6.26. The van der Waals surface area contributed by atoms with E-state index >= 15 is 0 Å². The Labute approximate surface area is 143 Å². The maximum atomic E-state index is 14.6. The number of tetrazole rings is 1. The summed E-state index contributed by atoms with van der Waals surface area (Å²) in [6, 6.07) is 4.31. The third kappa shape index (κ3) is 2.55. The van der Waals surface area contributed by atoms with Crippen molar-refractivity contribution in [3.8, 4) is 5.69 Å². The third-order valence-electron chi connectivity index (χ3n) is 4.78. The van der Waals surface area contributed by atoms with E-state index in [-0.39, 0.29) is 30.0 Å². The molecule has 1 aromatic heterocycles. The maximum absolute atomic E-state index is 14.6. The van der Waals surface area contributed by atoms with E-state index < -0.39 is 5.82 Å². The number of carbonyl (C=O) groups excluding carboxylic acids is 2. The summed E-state index contributed by atoms with van der Waals surface area (Å²) in [5.41, 5.74) is 0.448. The van der Waals surface area contributed by atoms with Crippen LogP contribution in [0.2, 0.25) is 0 Å². The van der Waals surface area contributed by atoms with Gasteiger partial charge in [0.25, 0.3) is 5.91 Å². The van der Waals surface area contributed by atoms with Crippen LogP contribution in [0, 0.1) is 12.7 Å². The largest absolute Gasteiger partial charge is 0.322 e. The van der Waals surface area contributed by atoms with Gasteiger partial charge in [-0.05, 0) is 42.3 Å². The van der Waals surface area contributed by atoms with E-state index in [9.17, 15) is 14.0 Å². The van der Waals surface area contributed by atoms with Crippen molar-refractivity contribution >= 4 is 11.8 Å². The van der Waals surface area contributed by atoms with Crippen LogP contribution in [0.25, 0.3) is 5.69 Å². The number of rotatable bonds is 2. The molecule has 0 saturated carbocycles. The first-order valence-electron chi connectivity index (χ1n) is 8.21. The van der Waals surface area contributed by atoms with Crippen molar-refractivity contribution < 1.29 is 14.0 Å². The van der Waals surface area contributed by atoms with Crippen molar-refractivity contribution in [2.45, 2.75) is 32.4 Å². The van der Waals surface area contributed by atoms with Crippen LogP contribution in [0.5, 0.6) is 0 Å². The zero-order chi connectivity index (χ0) is 17.6. The number of amides is 2. The summed E-state index contributed by atoms with van der Waals surface area (Å²) in [7, 11) is 0. The van der Waals surface area contributed by atoms with Gasteiger partial charge in [0, 0.05) is 25.6 Å². The number of halogens is 1. The Morgan fingerprint density at radius 2 is 2.16 bits per heavy atom. The summed E-state index contributed by atoms with van der Waals surface area (Å²) in [6.07, 6.45) is 1.63. The molecule has 9 heteroatoms. The number of carbonyl (C=O) groups is 2. The Morgan fingerprint density at radius 1 is 1.32 bits per heavy atom. The molecule has 2 aliphatic heterocycles. The van der Waals surface area contributed by atoms with Gasteiger partial charge in [0.2, 0.25) is 5.91 Å². The highest BCUT2D eigenvalue weighted by atomic mass is 19.1. The fourth-order valence-electron chi connectivity index (χ4n) is 3.54. The maximum Gasteiger partial charge on any atom is 0.258 e. The van der Waals surface area contributed by atoms with Crippen LogP contribution in [-0.4, -0.2) is 61.1 Å². The Bertz CT molecular complexity index is 851. The first-order chi connectivity index (χ1) is 12.1. The van der Waals surface area contributed by atoms with Gasteiger partial charge in [0.1, 0.15) is 12.0 Å². The monoisotopic (exact) mass is 344 g/mol. The fourth-order valence-corrected chi connectivity index (χ4v) is 3.54. The summed E-state index contributed by atoms with van der Waals surface area (Å²) < 4.78 is 16.0. The van der Waals surface area contributed by atoms with Crippen LogP contribution in [0.3, 0.4) is 0 Å². The number of hydrogen-bond donors (Lipinski definition) is 0. The molecule has 0 spiro atoms. The van der Waals surface area contributed by atoms with Crippen molar-refractivity contribution in [1.29, 1.82) is 0 Å². The van der Waals surface area contributed by atoms with Gasteiger partial charge < -0.3 is 9.80 Å². The van der Waals surface area contributed by atoms with E-state index in [0.29, 0.717) is 24.6 Å². The first-order valence-corrected chi connectivity index (χ1v) is 8.21. The van der Waals surface area contributed by atoms with Gasteiger partial charge in [-0.15, -0.1) is 5.10 Å². The standard InChI is InChI=1S/C16H17FN6O2/c1-10-18-19-20-23(10)11-4-5-12(13(17)9-11)16(25)22-8-6-15(24)21-7-2-3-14(21)22/h4-5,9,14H,2-3,6-8H2,1H3. The van der Waals surface area contributed by atoms with Gasteiger partial charge in [0.05, 0.1) is 11.3 Å². The number of nitrogens with zero attached hydrogens (tertiary/aromatic N) is 6. The molecule has 4 rings (SSSR count). The molecule has 8 nitrogen and oxygen atoms in total. The Kier molecular flexibility index (Phi) is 3.70. The van der Waals surface area contributed by atoms with Crippen LogP contribution in [0.4, 0.5) is 4.39 Å². The van der Waals surface area contributed by atoms with Gasteiger partial charge in [-0.3, -0.25) is 9.59 Å². The van der Waals surface area contributed by atoms with Crippen LogP contribution < -0.4 is 0 Å². The van der Waals surface area contributed by atoms with E-state index in [1.165, 1.54) is 16.8 Å². The predicted molar refractivity (Wildman–Crippen MR) is 84.2 cm³/mol. The van der Waals surface area contributed by atoms with Crippen molar-refractivity contribution in [1.82, 2.24) is 30.0 Å². The molecule has 0 bridgehead atoms. The molecular weight excluding hydrogens is 327 g/mol. The SMILES string of the molecule is Cc1nnnn1-c1ccc(C(=O)N2CCC(=O)N3CCCC32)c(F)c1.